The highest BCUT2D eigenvalue weighted by Crippen LogP contribution is 2.29. The highest BCUT2D eigenvalue weighted by molar-refractivity contribution is 6.17. The second kappa shape index (κ2) is 7.18. The number of aliphatic imine (C=N–C) groups is 1. The summed E-state index contributed by atoms with van der Waals surface area (Å²) in [6.07, 6.45) is 7.60. The Morgan fingerprint density at radius 3 is 3.17 bits per heavy atom. The van der Waals surface area contributed by atoms with E-state index >= 15 is 0 Å². The van der Waals surface area contributed by atoms with Gasteiger partial charge >= 0.3 is 0 Å². The summed E-state index contributed by atoms with van der Waals surface area (Å²) in [5.41, 5.74) is 13.9. The van der Waals surface area contributed by atoms with E-state index in [0.717, 1.165) is 40.5 Å². The Hall–Kier alpha value is -2.80. The van der Waals surface area contributed by atoms with Crippen molar-refractivity contribution in [3.8, 4) is 0 Å². The van der Waals surface area contributed by atoms with Crippen molar-refractivity contribution in [3.63, 3.8) is 0 Å². The lowest BCUT2D eigenvalue weighted by Gasteiger charge is -2.18. The Kier molecular flexibility index (Phi) is 4.81. The van der Waals surface area contributed by atoms with Gasteiger partial charge in [0.1, 0.15) is 6.54 Å². The summed E-state index contributed by atoms with van der Waals surface area (Å²) in [4.78, 5) is 12.0. The van der Waals surface area contributed by atoms with Crippen molar-refractivity contribution >= 4 is 17.6 Å². The van der Waals surface area contributed by atoms with Gasteiger partial charge in [-0.05, 0) is 24.6 Å². The molecule has 0 aromatic carbocycles. The molecule has 0 fully saturated rings. The third-order valence-electron chi connectivity index (χ3n) is 4.01. The third kappa shape index (κ3) is 3.11. The topological polar surface area (TPSA) is 110 Å². The van der Waals surface area contributed by atoms with Crippen molar-refractivity contribution in [1.82, 2.24) is 10.4 Å². The number of hydrazone groups is 1. The van der Waals surface area contributed by atoms with Crippen molar-refractivity contribution in [2.45, 2.75) is 20.0 Å². The fraction of sp³-hybridized carbons (Fsp3) is 0.294. The number of fused-ring (bicyclic) bond motifs is 1. The van der Waals surface area contributed by atoms with Gasteiger partial charge in [0.2, 0.25) is 0 Å². The van der Waals surface area contributed by atoms with Crippen molar-refractivity contribution in [2.24, 2.45) is 21.7 Å². The highest BCUT2D eigenvalue weighted by Gasteiger charge is 2.33. The van der Waals surface area contributed by atoms with Gasteiger partial charge in [0.05, 0.1) is 40.9 Å². The quantitative estimate of drug-likeness (QED) is 0.531. The molecule has 1 aromatic rings. The summed E-state index contributed by atoms with van der Waals surface area (Å²) in [6.45, 7) is 2.83. The number of aliphatic hydroxyl groups excluding tert-OH is 1. The van der Waals surface area contributed by atoms with E-state index in [2.05, 4.69) is 25.5 Å². The standard InChI is InChI=1S/C17H20N6O/c1-2-19-8-12(7-18)14-6-13-16(9-21-14)22-23-17(13)15-5-11(10-24)3-4-20-15/h3-5,7-9,13,22,24H,2,6,10,18H2,1H3/p+1. The lowest BCUT2D eigenvalue weighted by atomic mass is 9.88. The number of nitrogens with zero attached hydrogens (tertiary/aromatic N) is 3. The molecule has 24 heavy (non-hydrogen) atoms. The smallest absolute Gasteiger partial charge is 0.172 e. The molecule has 0 aliphatic carbocycles. The molecule has 2 aliphatic rings. The predicted octanol–water partition coefficient (Wildman–Crippen LogP) is -0.803. The molecular weight excluding hydrogens is 304 g/mol. The summed E-state index contributed by atoms with van der Waals surface area (Å²) in [5, 5.41) is 13.7. The third-order valence-corrected chi connectivity index (χ3v) is 4.01. The summed E-state index contributed by atoms with van der Waals surface area (Å²) in [6, 6.07) is 3.65. The highest BCUT2D eigenvalue weighted by atomic mass is 16.3. The van der Waals surface area contributed by atoms with Gasteiger partial charge in [0, 0.05) is 25.0 Å². The summed E-state index contributed by atoms with van der Waals surface area (Å²) in [5.74, 6) is 0.0592. The number of allylic oxidation sites excluding steroid dienone is 2. The zero-order chi connectivity index (χ0) is 16.9. The van der Waals surface area contributed by atoms with E-state index in [0.29, 0.717) is 6.42 Å². The molecule has 0 radical (unpaired) electrons. The number of aromatic nitrogens is 1. The number of rotatable bonds is 5. The van der Waals surface area contributed by atoms with Gasteiger partial charge in [-0.3, -0.25) is 15.4 Å². The van der Waals surface area contributed by atoms with Gasteiger partial charge in [-0.1, -0.05) is 0 Å². The van der Waals surface area contributed by atoms with Crippen LogP contribution in [0.5, 0.6) is 0 Å². The second-order valence-corrected chi connectivity index (χ2v) is 5.56. The van der Waals surface area contributed by atoms with Crippen LogP contribution in [-0.2, 0) is 6.61 Å². The average Bonchev–Trinajstić information content (AvgIpc) is 3.06. The van der Waals surface area contributed by atoms with Gasteiger partial charge in [0.25, 0.3) is 0 Å². The maximum Gasteiger partial charge on any atom is 0.172 e. The van der Waals surface area contributed by atoms with Crippen LogP contribution < -0.4 is 16.2 Å². The van der Waals surface area contributed by atoms with E-state index in [9.17, 15) is 5.11 Å². The minimum Gasteiger partial charge on any atom is -0.404 e. The van der Waals surface area contributed by atoms with E-state index in [-0.39, 0.29) is 12.5 Å². The van der Waals surface area contributed by atoms with Gasteiger partial charge < -0.3 is 10.8 Å². The van der Waals surface area contributed by atoms with Crippen LogP contribution in [0.3, 0.4) is 0 Å². The Morgan fingerprint density at radius 1 is 1.54 bits per heavy atom. The summed E-state index contributed by atoms with van der Waals surface area (Å²) < 4.78 is 0. The number of nitrogens with one attached hydrogen (secondary N) is 2. The summed E-state index contributed by atoms with van der Waals surface area (Å²) >= 11 is 0. The minimum absolute atomic E-state index is 0.0198. The molecule has 5 N–H and O–H groups in total. The van der Waals surface area contributed by atoms with E-state index in [1.165, 1.54) is 0 Å². The fourth-order valence-corrected chi connectivity index (χ4v) is 2.73. The Morgan fingerprint density at radius 2 is 2.42 bits per heavy atom. The zero-order valence-electron chi connectivity index (χ0n) is 13.5. The second-order valence-electron chi connectivity index (χ2n) is 5.56. The molecule has 0 saturated heterocycles. The molecule has 0 amide bonds. The number of nitrogens with two attached hydrogens (primary N) is 1. The zero-order valence-corrected chi connectivity index (χ0v) is 13.5. The van der Waals surface area contributed by atoms with Crippen molar-refractivity contribution in [1.29, 1.82) is 0 Å². The maximum absolute atomic E-state index is 9.32. The number of pyridine rings is 1. The Bertz CT molecular complexity index is 775. The van der Waals surface area contributed by atoms with Crippen LogP contribution in [-0.4, -0.2) is 34.3 Å². The van der Waals surface area contributed by atoms with Crippen LogP contribution in [0.4, 0.5) is 0 Å². The Labute approximate surface area is 140 Å². The average molecular weight is 325 g/mol. The number of hydrogen-bond acceptors (Lipinski definition) is 6. The van der Waals surface area contributed by atoms with Gasteiger partial charge in [-0.15, -0.1) is 0 Å². The SMILES string of the molecule is CC[NH+]=CC(=CN)C1=NC=C2NN=C(c3cc(CO)ccn3)C2C1. The molecule has 0 spiro atoms. The molecule has 1 atom stereocenters. The first-order chi connectivity index (χ1) is 11.8. The molecule has 7 heteroatoms. The molecule has 3 rings (SSSR count). The first kappa shape index (κ1) is 16.1. The molecule has 1 aromatic heterocycles. The molecule has 2 aliphatic heterocycles. The van der Waals surface area contributed by atoms with E-state index in [1.807, 2.05) is 19.2 Å². The normalized spacial score (nSPS) is 20.3. The molecule has 1 unspecified atom stereocenters. The fourth-order valence-electron chi connectivity index (χ4n) is 2.73. The van der Waals surface area contributed by atoms with Crippen molar-refractivity contribution in [2.75, 3.05) is 6.54 Å². The van der Waals surface area contributed by atoms with Gasteiger partial charge in [-0.25, -0.2) is 4.99 Å². The predicted molar refractivity (Wildman–Crippen MR) is 93.3 cm³/mol. The van der Waals surface area contributed by atoms with Crippen LogP contribution in [0, 0.1) is 5.92 Å². The van der Waals surface area contributed by atoms with Gasteiger partial charge in [0.15, 0.2) is 6.21 Å². The van der Waals surface area contributed by atoms with E-state index in [1.54, 1.807) is 24.7 Å². The van der Waals surface area contributed by atoms with E-state index < -0.39 is 0 Å². The van der Waals surface area contributed by atoms with Gasteiger partial charge in [-0.2, -0.15) is 5.10 Å². The van der Waals surface area contributed by atoms with Crippen molar-refractivity contribution in [3.05, 3.63) is 53.3 Å². The first-order valence-electron chi connectivity index (χ1n) is 7.92. The lowest BCUT2D eigenvalue weighted by Crippen LogP contribution is -2.68. The molecule has 0 saturated carbocycles. The van der Waals surface area contributed by atoms with Crippen LogP contribution >= 0.6 is 0 Å². The van der Waals surface area contributed by atoms with Crippen LogP contribution in [0.2, 0.25) is 0 Å². The molecule has 7 nitrogen and oxygen atoms in total. The van der Waals surface area contributed by atoms with Crippen LogP contribution in [0.15, 0.2) is 52.1 Å². The van der Waals surface area contributed by atoms with Crippen LogP contribution in [0.1, 0.15) is 24.6 Å². The summed E-state index contributed by atoms with van der Waals surface area (Å²) in [7, 11) is 0. The monoisotopic (exact) mass is 325 g/mol. The first-order valence-corrected chi connectivity index (χ1v) is 7.92. The Balaban J connectivity index is 1.86. The number of aliphatic hydroxyl groups is 1. The van der Waals surface area contributed by atoms with E-state index in [4.69, 9.17) is 5.73 Å². The minimum atomic E-state index is -0.0198. The lowest BCUT2D eigenvalue weighted by molar-refractivity contribution is -0.446. The van der Waals surface area contributed by atoms with Crippen LogP contribution in [0.25, 0.3) is 0 Å². The van der Waals surface area contributed by atoms with Crippen molar-refractivity contribution < 1.29 is 10.1 Å². The molecular formula is C17H21N6O+. The largest absolute Gasteiger partial charge is 0.404 e. The molecule has 3 heterocycles. The maximum atomic E-state index is 9.32. The molecule has 0 bridgehead atoms. The number of hydrogen-bond donors (Lipinski definition) is 4. The molecule has 124 valence electrons.